The fourth-order valence-electron chi connectivity index (χ4n) is 4.13. The lowest BCUT2D eigenvalue weighted by Crippen LogP contribution is -2.29. The summed E-state index contributed by atoms with van der Waals surface area (Å²) in [5, 5.41) is 11.5. The summed E-state index contributed by atoms with van der Waals surface area (Å²) in [6.45, 7) is 4.33. The molecule has 0 saturated heterocycles. The van der Waals surface area contributed by atoms with E-state index in [9.17, 15) is 5.11 Å². The molecule has 0 saturated carbocycles. The Labute approximate surface area is 174 Å². The lowest BCUT2D eigenvalue weighted by atomic mass is 9.78. The molecule has 3 heteroatoms. The van der Waals surface area contributed by atoms with Gasteiger partial charge in [0.15, 0.2) is 0 Å². The summed E-state index contributed by atoms with van der Waals surface area (Å²) >= 11 is 0. The van der Waals surface area contributed by atoms with Crippen LogP contribution in [-0.2, 0) is 0 Å². The van der Waals surface area contributed by atoms with Crippen molar-refractivity contribution < 1.29 is 9.84 Å². The highest BCUT2D eigenvalue weighted by Crippen LogP contribution is 2.39. The molecule has 0 aliphatic rings. The van der Waals surface area contributed by atoms with Gasteiger partial charge in [-0.15, -0.1) is 0 Å². The van der Waals surface area contributed by atoms with E-state index in [-0.39, 0.29) is 11.8 Å². The molecule has 1 N–H and O–H groups in total. The van der Waals surface area contributed by atoms with Gasteiger partial charge in [0.05, 0.1) is 13.2 Å². The Balaban J connectivity index is 2.14. The molecule has 3 rings (SSSR count). The first-order valence-corrected chi connectivity index (χ1v) is 10.5. The van der Waals surface area contributed by atoms with Crippen molar-refractivity contribution in [3.05, 3.63) is 84.1 Å². The van der Waals surface area contributed by atoms with Crippen LogP contribution >= 0.6 is 0 Å². The van der Waals surface area contributed by atoms with E-state index >= 15 is 0 Å². The molecule has 0 aliphatic heterocycles. The standard InChI is InChI=1S/C26H31NO2/c1-4-12-19(5-2)25(28)24(21-15-10-7-11-16-21)23-17-22(18-27-26(23)29-3)20-13-8-6-9-14-20/h6-11,13-19,24-25,28H,4-5,12H2,1-3H3. The molecule has 0 aliphatic carbocycles. The van der Waals surface area contributed by atoms with Crippen LogP contribution in [0.25, 0.3) is 11.1 Å². The molecule has 3 atom stereocenters. The molecule has 152 valence electrons. The SMILES string of the molecule is CCCC(CC)C(O)C(c1ccccc1)c1cc(-c2ccccc2)cnc1OC. The van der Waals surface area contributed by atoms with Gasteiger partial charge < -0.3 is 9.84 Å². The maximum atomic E-state index is 11.5. The van der Waals surface area contributed by atoms with Crippen LogP contribution in [0.4, 0.5) is 0 Å². The van der Waals surface area contributed by atoms with E-state index in [2.05, 4.69) is 49.2 Å². The topological polar surface area (TPSA) is 42.4 Å². The monoisotopic (exact) mass is 389 g/mol. The second-order valence-electron chi connectivity index (χ2n) is 7.52. The van der Waals surface area contributed by atoms with Gasteiger partial charge in [0.1, 0.15) is 0 Å². The first-order valence-electron chi connectivity index (χ1n) is 10.5. The van der Waals surface area contributed by atoms with Gasteiger partial charge in [0, 0.05) is 23.2 Å². The van der Waals surface area contributed by atoms with E-state index in [1.54, 1.807) is 7.11 Å². The second-order valence-corrected chi connectivity index (χ2v) is 7.52. The molecule has 0 radical (unpaired) electrons. The molecule has 3 nitrogen and oxygen atoms in total. The number of hydrogen-bond donors (Lipinski definition) is 1. The van der Waals surface area contributed by atoms with Crippen LogP contribution in [0.2, 0.25) is 0 Å². The van der Waals surface area contributed by atoms with Gasteiger partial charge in [-0.1, -0.05) is 87.4 Å². The molecule has 3 unspecified atom stereocenters. The van der Waals surface area contributed by atoms with Crippen molar-refractivity contribution in [2.24, 2.45) is 5.92 Å². The molecule has 0 bridgehead atoms. The van der Waals surface area contributed by atoms with Crippen molar-refractivity contribution in [2.75, 3.05) is 7.11 Å². The summed E-state index contributed by atoms with van der Waals surface area (Å²) in [6.07, 6.45) is 4.32. The van der Waals surface area contributed by atoms with Crippen molar-refractivity contribution in [1.29, 1.82) is 0 Å². The summed E-state index contributed by atoms with van der Waals surface area (Å²) < 4.78 is 5.64. The molecule has 3 aromatic rings. The predicted molar refractivity (Wildman–Crippen MR) is 119 cm³/mol. The zero-order valence-electron chi connectivity index (χ0n) is 17.6. The van der Waals surface area contributed by atoms with Crippen molar-refractivity contribution in [2.45, 2.75) is 45.1 Å². The Bertz CT molecular complexity index is 880. The Morgan fingerprint density at radius 2 is 1.59 bits per heavy atom. The Morgan fingerprint density at radius 3 is 2.17 bits per heavy atom. The van der Waals surface area contributed by atoms with E-state index in [0.29, 0.717) is 5.88 Å². The van der Waals surface area contributed by atoms with E-state index in [1.807, 2.05) is 42.6 Å². The first kappa shape index (κ1) is 21.1. The number of aromatic nitrogens is 1. The highest BCUT2D eigenvalue weighted by molar-refractivity contribution is 5.64. The minimum Gasteiger partial charge on any atom is -0.481 e. The van der Waals surface area contributed by atoms with Crippen LogP contribution in [0.1, 0.15) is 50.2 Å². The number of aliphatic hydroxyl groups excluding tert-OH is 1. The van der Waals surface area contributed by atoms with Gasteiger partial charge in [-0.25, -0.2) is 4.98 Å². The van der Waals surface area contributed by atoms with Crippen LogP contribution in [-0.4, -0.2) is 23.3 Å². The molecule has 29 heavy (non-hydrogen) atoms. The minimum atomic E-state index is -0.510. The quantitative estimate of drug-likeness (QED) is 0.482. The highest BCUT2D eigenvalue weighted by atomic mass is 16.5. The van der Waals surface area contributed by atoms with Gasteiger partial charge in [0.25, 0.3) is 0 Å². The summed E-state index contributed by atoms with van der Waals surface area (Å²) in [6, 6.07) is 22.6. The minimum absolute atomic E-state index is 0.196. The Hall–Kier alpha value is -2.65. The fraction of sp³-hybridized carbons (Fsp3) is 0.346. The highest BCUT2D eigenvalue weighted by Gasteiger charge is 2.31. The summed E-state index contributed by atoms with van der Waals surface area (Å²) in [4.78, 5) is 4.60. The molecule has 0 spiro atoms. The number of hydrogen-bond acceptors (Lipinski definition) is 3. The van der Waals surface area contributed by atoms with Gasteiger partial charge in [-0.2, -0.15) is 0 Å². The number of benzene rings is 2. The summed E-state index contributed by atoms with van der Waals surface area (Å²) in [7, 11) is 1.64. The average molecular weight is 390 g/mol. The predicted octanol–water partition coefficient (Wildman–Crippen LogP) is 6.08. The molecule has 1 aromatic heterocycles. The lowest BCUT2D eigenvalue weighted by molar-refractivity contribution is 0.0831. The van der Waals surface area contributed by atoms with Crippen molar-refractivity contribution in [3.63, 3.8) is 0 Å². The number of pyridine rings is 1. The summed E-state index contributed by atoms with van der Waals surface area (Å²) in [5.74, 6) is 0.595. The first-order chi connectivity index (χ1) is 14.2. The zero-order chi connectivity index (χ0) is 20.6. The van der Waals surface area contributed by atoms with Crippen LogP contribution in [0.5, 0.6) is 5.88 Å². The van der Waals surface area contributed by atoms with Crippen LogP contribution in [0.3, 0.4) is 0 Å². The van der Waals surface area contributed by atoms with Gasteiger partial charge in [-0.3, -0.25) is 0 Å². The number of rotatable bonds is 9. The maximum absolute atomic E-state index is 11.5. The molecule has 1 heterocycles. The Morgan fingerprint density at radius 1 is 0.931 bits per heavy atom. The zero-order valence-corrected chi connectivity index (χ0v) is 17.6. The average Bonchev–Trinajstić information content (AvgIpc) is 2.78. The van der Waals surface area contributed by atoms with Crippen LogP contribution in [0, 0.1) is 5.92 Å². The number of methoxy groups -OCH3 is 1. The molecule has 2 aromatic carbocycles. The van der Waals surface area contributed by atoms with Gasteiger partial charge in [-0.05, 0) is 29.5 Å². The third-order valence-electron chi connectivity index (χ3n) is 5.68. The Kier molecular flexibility index (Phi) is 7.42. The van der Waals surface area contributed by atoms with Crippen LogP contribution < -0.4 is 4.74 Å². The van der Waals surface area contributed by atoms with E-state index in [4.69, 9.17) is 4.74 Å². The third-order valence-corrected chi connectivity index (χ3v) is 5.68. The van der Waals surface area contributed by atoms with Gasteiger partial charge in [0.2, 0.25) is 5.88 Å². The van der Waals surface area contributed by atoms with Gasteiger partial charge >= 0.3 is 0 Å². The fourth-order valence-corrected chi connectivity index (χ4v) is 4.13. The maximum Gasteiger partial charge on any atom is 0.216 e. The van der Waals surface area contributed by atoms with E-state index in [0.717, 1.165) is 41.5 Å². The van der Waals surface area contributed by atoms with Crippen molar-refractivity contribution in [1.82, 2.24) is 4.98 Å². The third kappa shape index (κ3) is 4.86. The second kappa shape index (κ2) is 10.2. The molecular weight excluding hydrogens is 358 g/mol. The van der Waals surface area contributed by atoms with E-state index in [1.165, 1.54) is 0 Å². The molecular formula is C26H31NO2. The van der Waals surface area contributed by atoms with Crippen LogP contribution in [0.15, 0.2) is 72.9 Å². The molecule has 0 fully saturated rings. The summed E-state index contributed by atoms with van der Waals surface area (Å²) in [5.41, 5.74) is 4.14. The number of ether oxygens (including phenoxy) is 1. The van der Waals surface area contributed by atoms with Crippen molar-refractivity contribution >= 4 is 0 Å². The largest absolute Gasteiger partial charge is 0.481 e. The normalized spacial score (nSPS) is 14.2. The molecule has 0 amide bonds. The number of aliphatic hydroxyl groups is 1. The smallest absolute Gasteiger partial charge is 0.216 e. The van der Waals surface area contributed by atoms with E-state index < -0.39 is 6.10 Å². The lowest BCUT2D eigenvalue weighted by Gasteiger charge is -2.31. The van der Waals surface area contributed by atoms with Crippen molar-refractivity contribution in [3.8, 4) is 17.0 Å². The number of nitrogens with zero attached hydrogens (tertiary/aromatic N) is 1.